The summed E-state index contributed by atoms with van der Waals surface area (Å²) in [7, 11) is 1.00. The standard InChI is InChI=1S/C9H20.CH4O.H2O/c1-6-9(5,7-2)8(3)4;1-2;/h8H,6-7H2,1-5H3;2H,1H3;1H2. The number of aliphatic hydroxyl groups is 1. The summed E-state index contributed by atoms with van der Waals surface area (Å²) < 4.78 is 0. The first-order chi connectivity index (χ1) is 5.06. The fraction of sp³-hybridized carbons (Fsp3) is 1.00. The monoisotopic (exact) mass is 178 g/mol. The van der Waals surface area contributed by atoms with E-state index in [2.05, 4.69) is 34.6 Å². The zero-order valence-electron chi connectivity index (χ0n) is 9.44. The van der Waals surface area contributed by atoms with Crippen molar-refractivity contribution in [3.8, 4) is 0 Å². The van der Waals surface area contributed by atoms with E-state index in [4.69, 9.17) is 5.11 Å². The third-order valence-corrected chi connectivity index (χ3v) is 3.01. The molecular formula is C10H26O2. The highest BCUT2D eigenvalue weighted by atomic mass is 16.2. The molecule has 0 atom stereocenters. The molecule has 0 amide bonds. The van der Waals surface area contributed by atoms with E-state index in [0.29, 0.717) is 5.41 Å². The van der Waals surface area contributed by atoms with Crippen molar-refractivity contribution < 1.29 is 10.6 Å². The van der Waals surface area contributed by atoms with Crippen LogP contribution < -0.4 is 0 Å². The predicted molar refractivity (Wildman–Crippen MR) is 55.3 cm³/mol. The minimum absolute atomic E-state index is 0. The quantitative estimate of drug-likeness (QED) is 0.708. The summed E-state index contributed by atoms with van der Waals surface area (Å²) in [5.74, 6) is 0.826. The van der Waals surface area contributed by atoms with Crippen LogP contribution in [0.15, 0.2) is 0 Å². The lowest BCUT2D eigenvalue weighted by Gasteiger charge is -2.31. The molecule has 0 aromatic carbocycles. The number of hydrogen-bond donors (Lipinski definition) is 1. The van der Waals surface area contributed by atoms with Gasteiger partial charge in [-0.1, -0.05) is 47.5 Å². The molecule has 0 radical (unpaired) electrons. The van der Waals surface area contributed by atoms with Crippen LogP contribution in [-0.2, 0) is 0 Å². The van der Waals surface area contributed by atoms with Crippen LogP contribution in [0, 0.1) is 11.3 Å². The summed E-state index contributed by atoms with van der Waals surface area (Å²) in [6, 6.07) is 0. The van der Waals surface area contributed by atoms with Gasteiger partial charge in [0.25, 0.3) is 0 Å². The molecule has 0 unspecified atom stereocenters. The highest BCUT2D eigenvalue weighted by Crippen LogP contribution is 2.33. The van der Waals surface area contributed by atoms with Gasteiger partial charge < -0.3 is 10.6 Å². The van der Waals surface area contributed by atoms with Gasteiger partial charge in [-0.25, -0.2) is 0 Å². The van der Waals surface area contributed by atoms with E-state index in [9.17, 15) is 0 Å². The molecule has 0 fully saturated rings. The van der Waals surface area contributed by atoms with Gasteiger partial charge in [-0.2, -0.15) is 0 Å². The van der Waals surface area contributed by atoms with Crippen molar-refractivity contribution in [2.45, 2.75) is 47.5 Å². The molecule has 78 valence electrons. The Morgan fingerprint density at radius 2 is 1.33 bits per heavy atom. The molecule has 0 rings (SSSR count). The van der Waals surface area contributed by atoms with Crippen LogP contribution in [0.3, 0.4) is 0 Å². The maximum atomic E-state index is 7.00. The molecule has 0 bridgehead atoms. The lowest BCUT2D eigenvalue weighted by Crippen LogP contribution is -2.20. The van der Waals surface area contributed by atoms with Gasteiger partial charge in [0.2, 0.25) is 0 Å². The molecule has 0 aliphatic carbocycles. The highest BCUT2D eigenvalue weighted by molar-refractivity contribution is 4.73. The zero-order valence-corrected chi connectivity index (χ0v) is 9.44. The lowest BCUT2D eigenvalue weighted by atomic mass is 9.75. The molecule has 0 aliphatic heterocycles. The van der Waals surface area contributed by atoms with E-state index in [1.165, 1.54) is 12.8 Å². The molecule has 12 heavy (non-hydrogen) atoms. The van der Waals surface area contributed by atoms with E-state index >= 15 is 0 Å². The Bertz CT molecular complexity index is 75.9. The Morgan fingerprint density at radius 1 is 1.08 bits per heavy atom. The topological polar surface area (TPSA) is 51.7 Å². The molecule has 0 aliphatic rings. The molecule has 0 saturated carbocycles. The maximum Gasteiger partial charge on any atom is 0.0319 e. The number of hydrogen-bond acceptors (Lipinski definition) is 1. The third-order valence-electron chi connectivity index (χ3n) is 3.01. The Hall–Kier alpha value is -0.0800. The van der Waals surface area contributed by atoms with Gasteiger partial charge in [0, 0.05) is 7.11 Å². The van der Waals surface area contributed by atoms with Gasteiger partial charge in [0.15, 0.2) is 0 Å². The highest BCUT2D eigenvalue weighted by Gasteiger charge is 2.22. The van der Waals surface area contributed by atoms with Crippen LogP contribution in [-0.4, -0.2) is 17.7 Å². The molecule has 0 heterocycles. The van der Waals surface area contributed by atoms with Crippen molar-refractivity contribution in [1.29, 1.82) is 0 Å². The first-order valence-corrected chi connectivity index (χ1v) is 4.51. The minimum Gasteiger partial charge on any atom is -0.412 e. The summed E-state index contributed by atoms with van der Waals surface area (Å²) >= 11 is 0. The molecular weight excluding hydrogens is 152 g/mol. The second kappa shape index (κ2) is 9.01. The Kier molecular flexibility index (Phi) is 13.4. The summed E-state index contributed by atoms with van der Waals surface area (Å²) in [5.41, 5.74) is 0.583. The molecule has 0 aromatic rings. The second-order valence-corrected chi connectivity index (χ2v) is 3.52. The molecule has 2 heteroatoms. The van der Waals surface area contributed by atoms with Gasteiger partial charge in [-0.3, -0.25) is 0 Å². The molecule has 0 aromatic heterocycles. The van der Waals surface area contributed by atoms with Crippen LogP contribution >= 0.6 is 0 Å². The van der Waals surface area contributed by atoms with E-state index in [-0.39, 0.29) is 5.48 Å². The van der Waals surface area contributed by atoms with Gasteiger partial charge in [-0.15, -0.1) is 0 Å². The number of aliphatic hydroxyl groups excluding tert-OH is 1. The summed E-state index contributed by atoms with van der Waals surface area (Å²) in [6.07, 6.45) is 2.61. The average Bonchev–Trinajstić information content (AvgIpc) is 2.06. The number of rotatable bonds is 3. The Morgan fingerprint density at radius 3 is 1.33 bits per heavy atom. The van der Waals surface area contributed by atoms with Gasteiger partial charge in [0.1, 0.15) is 0 Å². The average molecular weight is 178 g/mol. The van der Waals surface area contributed by atoms with Crippen molar-refractivity contribution in [2.75, 3.05) is 7.11 Å². The summed E-state index contributed by atoms with van der Waals surface area (Å²) in [4.78, 5) is 0. The van der Waals surface area contributed by atoms with E-state index in [1.807, 2.05) is 0 Å². The molecule has 3 N–H and O–H groups in total. The van der Waals surface area contributed by atoms with Crippen LogP contribution in [0.25, 0.3) is 0 Å². The van der Waals surface area contributed by atoms with Gasteiger partial charge in [-0.05, 0) is 11.3 Å². The predicted octanol–water partition coefficient (Wildman–Crippen LogP) is 2.25. The maximum absolute atomic E-state index is 7.00. The fourth-order valence-corrected chi connectivity index (χ4v) is 1.07. The normalized spacial score (nSPS) is 10.0. The van der Waals surface area contributed by atoms with E-state index in [1.54, 1.807) is 0 Å². The molecule has 0 saturated heterocycles. The van der Waals surface area contributed by atoms with Crippen LogP contribution in [0.1, 0.15) is 47.5 Å². The van der Waals surface area contributed by atoms with Gasteiger partial charge in [0.05, 0.1) is 0 Å². The first kappa shape index (κ1) is 17.9. The van der Waals surface area contributed by atoms with Gasteiger partial charge >= 0.3 is 0 Å². The van der Waals surface area contributed by atoms with Crippen molar-refractivity contribution in [3.05, 3.63) is 0 Å². The van der Waals surface area contributed by atoms with Crippen molar-refractivity contribution in [2.24, 2.45) is 11.3 Å². The van der Waals surface area contributed by atoms with Crippen LogP contribution in [0.5, 0.6) is 0 Å². The van der Waals surface area contributed by atoms with Crippen LogP contribution in [0.2, 0.25) is 0 Å². The summed E-state index contributed by atoms with van der Waals surface area (Å²) in [5, 5.41) is 7.00. The van der Waals surface area contributed by atoms with Crippen molar-refractivity contribution in [1.82, 2.24) is 0 Å². The van der Waals surface area contributed by atoms with E-state index < -0.39 is 0 Å². The first-order valence-electron chi connectivity index (χ1n) is 4.51. The Balaban J connectivity index is -0.000000249. The Labute approximate surface area is 77.3 Å². The summed E-state index contributed by atoms with van der Waals surface area (Å²) in [6.45, 7) is 11.6. The van der Waals surface area contributed by atoms with Crippen LogP contribution in [0.4, 0.5) is 0 Å². The largest absolute Gasteiger partial charge is 0.412 e. The fourth-order valence-electron chi connectivity index (χ4n) is 1.07. The third kappa shape index (κ3) is 5.56. The second-order valence-electron chi connectivity index (χ2n) is 3.52. The van der Waals surface area contributed by atoms with Crippen molar-refractivity contribution in [3.63, 3.8) is 0 Å². The lowest BCUT2D eigenvalue weighted by molar-refractivity contribution is 0.200. The molecule has 2 nitrogen and oxygen atoms in total. The SMILES string of the molecule is CCC(C)(CC)C(C)C.CO.O. The van der Waals surface area contributed by atoms with E-state index in [0.717, 1.165) is 13.0 Å². The molecule has 0 spiro atoms. The smallest absolute Gasteiger partial charge is 0.0319 e. The minimum atomic E-state index is 0. The zero-order chi connectivity index (χ0) is 9.49. The van der Waals surface area contributed by atoms with Crippen molar-refractivity contribution >= 4 is 0 Å².